The average molecular weight is 307 g/mol. The van der Waals surface area contributed by atoms with E-state index < -0.39 is 0 Å². The van der Waals surface area contributed by atoms with Gasteiger partial charge in [-0.25, -0.2) is 4.98 Å². The number of rotatable bonds is 4. The van der Waals surface area contributed by atoms with E-state index in [0.717, 1.165) is 43.8 Å². The van der Waals surface area contributed by atoms with Crippen LogP contribution in [0.25, 0.3) is 11.0 Å². The number of nitrogens with zero attached hydrogens (tertiary/aromatic N) is 2. The van der Waals surface area contributed by atoms with Gasteiger partial charge in [0.05, 0.1) is 11.0 Å². The molecular weight excluding hydrogens is 284 g/mol. The predicted octanol–water partition coefficient (Wildman–Crippen LogP) is 4.11. The molecule has 1 fully saturated rings. The number of ether oxygens (including phenoxy) is 1. The topological polar surface area (TPSA) is 27.1 Å². The molecule has 3 nitrogen and oxygen atoms in total. The smallest absolute Gasteiger partial charge is 0.111 e. The highest BCUT2D eigenvalue weighted by molar-refractivity contribution is 6.17. The molecule has 0 radical (unpaired) electrons. The highest BCUT2D eigenvalue weighted by atomic mass is 35.5. The maximum atomic E-state index is 5.99. The van der Waals surface area contributed by atoms with Gasteiger partial charge >= 0.3 is 0 Å². The highest BCUT2D eigenvalue weighted by Gasteiger charge is 2.25. The molecule has 4 heteroatoms. The lowest BCUT2D eigenvalue weighted by atomic mass is 9.92. The van der Waals surface area contributed by atoms with Gasteiger partial charge in [-0.1, -0.05) is 12.1 Å². The first-order chi connectivity index (χ1) is 10.2. The van der Waals surface area contributed by atoms with Crippen LogP contribution in [-0.4, -0.2) is 28.6 Å². The molecule has 1 aliphatic rings. The lowest BCUT2D eigenvalue weighted by Gasteiger charge is -2.30. The van der Waals surface area contributed by atoms with Crippen LogP contribution in [-0.2, 0) is 11.2 Å². The van der Waals surface area contributed by atoms with E-state index in [1.54, 1.807) is 0 Å². The fraction of sp³-hybridized carbons (Fsp3) is 0.588. The molecule has 1 atom stereocenters. The Balaban J connectivity index is 2.05. The maximum absolute atomic E-state index is 5.99. The van der Waals surface area contributed by atoms with Crippen LogP contribution in [0, 0.1) is 12.8 Å². The van der Waals surface area contributed by atoms with Gasteiger partial charge in [0.15, 0.2) is 0 Å². The Labute approximate surface area is 131 Å². The van der Waals surface area contributed by atoms with Gasteiger partial charge in [-0.3, -0.25) is 0 Å². The summed E-state index contributed by atoms with van der Waals surface area (Å²) in [5.74, 6) is 2.39. The van der Waals surface area contributed by atoms with E-state index >= 15 is 0 Å². The first kappa shape index (κ1) is 14.9. The summed E-state index contributed by atoms with van der Waals surface area (Å²) in [6.45, 7) is 6.21. The summed E-state index contributed by atoms with van der Waals surface area (Å²) >= 11 is 5.99. The Bertz CT molecular complexity index is 617. The molecule has 0 saturated carbocycles. The molecule has 0 amide bonds. The second kappa shape index (κ2) is 6.37. The summed E-state index contributed by atoms with van der Waals surface area (Å²) in [5.41, 5.74) is 3.60. The summed E-state index contributed by atoms with van der Waals surface area (Å²) in [6.07, 6.45) is 3.09. The van der Waals surface area contributed by atoms with Crippen molar-refractivity contribution in [1.82, 2.24) is 9.55 Å². The van der Waals surface area contributed by atoms with Crippen LogP contribution in [0.5, 0.6) is 0 Å². The van der Waals surface area contributed by atoms with Crippen molar-refractivity contribution in [2.45, 2.75) is 39.2 Å². The molecule has 2 heterocycles. The number of benzene rings is 1. The van der Waals surface area contributed by atoms with Crippen LogP contribution < -0.4 is 0 Å². The number of imidazole rings is 1. The Morgan fingerprint density at radius 2 is 2.14 bits per heavy atom. The summed E-state index contributed by atoms with van der Waals surface area (Å²) in [4.78, 5) is 4.87. The molecule has 0 bridgehead atoms. The first-order valence-electron chi connectivity index (χ1n) is 7.82. The van der Waals surface area contributed by atoms with Crippen LogP contribution in [0.2, 0.25) is 0 Å². The average Bonchev–Trinajstić information content (AvgIpc) is 2.87. The fourth-order valence-electron chi connectivity index (χ4n) is 3.43. The summed E-state index contributed by atoms with van der Waals surface area (Å²) in [7, 11) is 0. The Hall–Kier alpha value is -1.06. The molecule has 1 aliphatic heterocycles. The molecule has 0 spiro atoms. The van der Waals surface area contributed by atoms with E-state index in [9.17, 15) is 0 Å². The van der Waals surface area contributed by atoms with Crippen LogP contribution in [0.1, 0.15) is 37.2 Å². The van der Waals surface area contributed by atoms with Crippen molar-refractivity contribution in [2.24, 2.45) is 5.92 Å². The molecule has 1 saturated heterocycles. The Morgan fingerprint density at radius 1 is 1.38 bits per heavy atom. The van der Waals surface area contributed by atoms with E-state index in [1.165, 1.54) is 11.1 Å². The Kier molecular flexibility index (Phi) is 4.51. The third-order valence-electron chi connectivity index (χ3n) is 4.67. The number of hydrogen-bond acceptors (Lipinski definition) is 2. The minimum absolute atomic E-state index is 0.443. The third-order valence-corrected chi connectivity index (χ3v) is 4.86. The molecule has 3 rings (SSSR count). The lowest BCUT2D eigenvalue weighted by molar-refractivity contribution is 0.0515. The van der Waals surface area contributed by atoms with Crippen molar-refractivity contribution < 1.29 is 4.74 Å². The van der Waals surface area contributed by atoms with Gasteiger partial charge in [-0.15, -0.1) is 11.6 Å². The van der Waals surface area contributed by atoms with Crippen LogP contribution in [0.4, 0.5) is 0 Å². The van der Waals surface area contributed by atoms with Crippen LogP contribution in [0.15, 0.2) is 18.2 Å². The van der Waals surface area contributed by atoms with Crippen molar-refractivity contribution in [3.8, 4) is 0 Å². The zero-order valence-electron chi connectivity index (χ0n) is 12.8. The van der Waals surface area contributed by atoms with E-state index in [1.807, 2.05) is 0 Å². The van der Waals surface area contributed by atoms with Crippen LogP contribution in [0.3, 0.4) is 0 Å². The minimum atomic E-state index is 0.443. The first-order valence-corrected chi connectivity index (χ1v) is 8.36. The van der Waals surface area contributed by atoms with Crippen LogP contribution >= 0.6 is 11.6 Å². The lowest BCUT2D eigenvalue weighted by Crippen LogP contribution is -2.25. The largest absolute Gasteiger partial charge is 0.381 e. The second-order valence-electron chi connectivity index (χ2n) is 5.97. The molecule has 1 aromatic heterocycles. The van der Waals surface area contributed by atoms with Gasteiger partial charge in [0.1, 0.15) is 5.82 Å². The number of alkyl halides is 1. The molecule has 0 aliphatic carbocycles. The quantitative estimate of drug-likeness (QED) is 0.795. The maximum Gasteiger partial charge on any atom is 0.111 e. The summed E-state index contributed by atoms with van der Waals surface area (Å²) in [6, 6.07) is 6.88. The van der Waals surface area contributed by atoms with Crippen molar-refractivity contribution >= 4 is 22.6 Å². The number of fused-ring (bicyclic) bond motifs is 1. The standard InChI is InChI=1S/C17H23ClN2O/c1-12-4-3-5-15-17(12)19-16(6-9-18)20(15)13(2)14-7-10-21-11-8-14/h3-5,13-14H,6-11H2,1-2H3. The summed E-state index contributed by atoms with van der Waals surface area (Å²) < 4.78 is 7.92. The van der Waals surface area contributed by atoms with Gasteiger partial charge < -0.3 is 9.30 Å². The van der Waals surface area contributed by atoms with E-state index in [0.29, 0.717) is 17.8 Å². The fourth-order valence-corrected chi connectivity index (χ4v) is 3.60. The van der Waals surface area contributed by atoms with Gasteiger partial charge in [0.25, 0.3) is 0 Å². The SMILES string of the molecule is Cc1cccc2c1nc(CCCl)n2C(C)C1CCOCC1. The van der Waals surface area contributed by atoms with Crippen molar-refractivity contribution in [3.63, 3.8) is 0 Å². The number of aromatic nitrogens is 2. The molecule has 114 valence electrons. The zero-order chi connectivity index (χ0) is 14.8. The molecule has 1 unspecified atom stereocenters. The molecule has 21 heavy (non-hydrogen) atoms. The van der Waals surface area contributed by atoms with E-state index in [-0.39, 0.29) is 0 Å². The third kappa shape index (κ3) is 2.82. The van der Waals surface area contributed by atoms with Crippen molar-refractivity contribution in [3.05, 3.63) is 29.6 Å². The van der Waals surface area contributed by atoms with Crippen molar-refractivity contribution in [2.75, 3.05) is 19.1 Å². The predicted molar refractivity (Wildman–Crippen MR) is 87.1 cm³/mol. The highest BCUT2D eigenvalue weighted by Crippen LogP contribution is 2.32. The normalized spacial score (nSPS) is 18.2. The number of aryl methyl sites for hydroxylation is 2. The van der Waals surface area contributed by atoms with Gasteiger partial charge in [-0.05, 0) is 44.2 Å². The minimum Gasteiger partial charge on any atom is -0.381 e. The summed E-state index contributed by atoms with van der Waals surface area (Å²) in [5, 5.41) is 0. The second-order valence-corrected chi connectivity index (χ2v) is 6.35. The number of halogens is 1. The van der Waals surface area contributed by atoms with Crippen molar-refractivity contribution in [1.29, 1.82) is 0 Å². The van der Waals surface area contributed by atoms with Gasteiger partial charge in [-0.2, -0.15) is 0 Å². The van der Waals surface area contributed by atoms with Gasteiger partial charge in [0, 0.05) is 31.6 Å². The molecule has 2 aromatic rings. The van der Waals surface area contributed by atoms with E-state index in [2.05, 4.69) is 36.6 Å². The number of hydrogen-bond donors (Lipinski definition) is 0. The monoisotopic (exact) mass is 306 g/mol. The number of para-hydroxylation sites is 1. The van der Waals surface area contributed by atoms with Gasteiger partial charge in [0.2, 0.25) is 0 Å². The molecule has 0 N–H and O–H groups in total. The Morgan fingerprint density at radius 3 is 2.86 bits per heavy atom. The molecular formula is C17H23ClN2O. The van der Waals surface area contributed by atoms with E-state index in [4.69, 9.17) is 21.3 Å². The molecule has 1 aromatic carbocycles. The zero-order valence-corrected chi connectivity index (χ0v) is 13.6.